The van der Waals surface area contributed by atoms with Crippen molar-refractivity contribution in [2.45, 2.75) is 0 Å². The van der Waals surface area contributed by atoms with Gasteiger partial charge in [0.05, 0.1) is 5.56 Å². The van der Waals surface area contributed by atoms with E-state index in [2.05, 4.69) is 91.0 Å². The van der Waals surface area contributed by atoms with Gasteiger partial charge in [-0.3, -0.25) is 0 Å². The highest BCUT2D eigenvalue weighted by Gasteiger charge is 2.12. The standard InChI is InChI=1S/C31H20O2/c32-31(33)23-15-11-21(12-16-23)20-9-13-22(14-10-20)30-28-8-4-3-7-26(28)18-27-17-24-5-1-2-6-25(24)19-29(27)30/h1-19H,(H,32,33). The highest BCUT2D eigenvalue weighted by Crippen LogP contribution is 2.38. The minimum atomic E-state index is -0.910. The molecular weight excluding hydrogens is 404 g/mol. The molecule has 0 saturated carbocycles. The molecule has 6 rings (SSSR count). The van der Waals surface area contributed by atoms with Crippen molar-refractivity contribution in [1.29, 1.82) is 0 Å². The number of rotatable bonds is 3. The van der Waals surface area contributed by atoms with Crippen LogP contribution in [-0.4, -0.2) is 11.1 Å². The van der Waals surface area contributed by atoms with E-state index in [1.165, 1.54) is 37.9 Å². The predicted molar refractivity (Wildman–Crippen MR) is 137 cm³/mol. The Morgan fingerprint density at radius 3 is 1.67 bits per heavy atom. The van der Waals surface area contributed by atoms with Gasteiger partial charge in [-0.2, -0.15) is 0 Å². The quantitative estimate of drug-likeness (QED) is 0.291. The molecule has 0 aliphatic carbocycles. The Bertz CT molecular complexity index is 1660. The molecule has 33 heavy (non-hydrogen) atoms. The zero-order valence-electron chi connectivity index (χ0n) is 17.8. The molecule has 0 bridgehead atoms. The van der Waals surface area contributed by atoms with Gasteiger partial charge in [-0.25, -0.2) is 4.79 Å². The van der Waals surface area contributed by atoms with Gasteiger partial charge in [0.1, 0.15) is 0 Å². The molecule has 6 aromatic rings. The molecule has 0 spiro atoms. The normalized spacial score (nSPS) is 11.3. The number of hydrogen-bond acceptors (Lipinski definition) is 1. The van der Waals surface area contributed by atoms with E-state index in [0.717, 1.165) is 16.7 Å². The second-order valence-corrected chi connectivity index (χ2v) is 8.35. The molecular formula is C31H20O2. The first-order valence-corrected chi connectivity index (χ1v) is 11.0. The Hall–Kier alpha value is -4.43. The number of aromatic carboxylic acids is 1. The minimum absolute atomic E-state index is 0.296. The van der Waals surface area contributed by atoms with Crippen LogP contribution in [0.2, 0.25) is 0 Å². The second kappa shape index (κ2) is 7.61. The first-order valence-electron chi connectivity index (χ1n) is 11.0. The number of carboxylic acid groups (broad SMARTS) is 1. The Morgan fingerprint density at radius 2 is 1.00 bits per heavy atom. The number of hydrogen-bond donors (Lipinski definition) is 1. The van der Waals surface area contributed by atoms with Crippen LogP contribution in [0.15, 0.2) is 115 Å². The fourth-order valence-electron chi connectivity index (χ4n) is 4.70. The van der Waals surface area contributed by atoms with Crippen molar-refractivity contribution >= 4 is 38.3 Å². The summed E-state index contributed by atoms with van der Waals surface area (Å²) in [4.78, 5) is 11.1. The summed E-state index contributed by atoms with van der Waals surface area (Å²) in [7, 11) is 0. The SMILES string of the molecule is O=C(O)c1ccc(-c2ccc(-c3c4ccccc4cc4cc5ccccc5cc34)cc2)cc1. The summed E-state index contributed by atoms with van der Waals surface area (Å²) in [6.45, 7) is 0. The lowest BCUT2D eigenvalue weighted by Gasteiger charge is -2.14. The monoisotopic (exact) mass is 424 g/mol. The zero-order valence-corrected chi connectivity index (χ0v) is 17.8. The van der Waals surface area contributed by atoms with Gasteiger partial charge in [-0.05, 0) is 84.9 Å². The van der Waals surface area contributed by atoms with Crippen molar-refractivity contribution in [3.63, 3.8) is 0 Å². The Balaban J connectivity index is 1.54. The molecule has 0 fully saturated rings. The second-order valence-electron chi connectivity index (χ2n) is 8.35. The molecule has 0 aliphatic rings. The van der Waals surface area contributed by atoms with E-state index in [1.54, 1.807) is 12.1 Å². The van der Waals surface area contributed by atoms with Gasteiger partial charge in [-0.15, -0.1) is 0 Å². The molecule has 0 saturated heterocycles. The van der Waals surface area contributed by atoms with Crippen molar-refractivity contribution in [2.24, 2.45) is 0 Å². The highest BCUT2D eigenvalue weighted by molar-refractivity contribution is 6.15. The van der Waals surface area contributed by atoms with Crippen LogP contribution in [0.3, 0.4) is 0 Å². The van der Waals surface area contributed by atoms with Crippen LogP contribution in [0, 0.1) is 0 Å². The molecule has 2 heteroatoms. The predicted octanol–water partition coefficient (Wildman–Crippen LogP) is 8.18. The van der Waals surface area contributed by atoms with E-state index in [-0.39, 0.29) is 0 Å². The smallest absolute Gasteiger partial charge is 0.335 e. The third-order valence-corrected chi connectivity index (χ3v) is 6.37. The van der Waals surface area contributed by atoms with E-state index in [4.69, 9.17) is 5.11 Å². The fourth-order valence-corrected chi connectivity index (χ4v) is 4.70. The molecule has 156 valence electrons. The van der Waals surface area contributed by atoms with Gasteiger partial charge < -0.3 is 5.11 Å². The lowest BCUT2D eigenvalue weighted by molar-refractivity contribution is 0.0697. The summed E-state index contributed by atoms with van der Waals surface area (Å²) >= 11 is 0. The number of benzene rings is 6. The lowest BCUT2D eigenvalue weighted by Crippen LogP contribution is -1.94. The molecule has 0 atom stereocenters. The first kappa shape index (κ1) is 19.3. The summed E-state index contributed by atoms with van der Waals surface area (Å²) in [6.07, 6.45) is 0. The zero-order chi connectivity index (χ0) is 22.4. The number of carbonyl (C=O) groups is 1. The van der Waals surface area contributed by atoms with Crippen LogP contribution >= 0.6 is 0 Å². The fraction of sp³-hybridized carbons (Fsp3) is 0. The van der Waals surface area contributed by atoms with E-state index in [0.29, 0.717) is 5.56 Å². The summed E-state index contributed by atoms with van der Waals surface area (Å²) in [5, 5.41) is 16.6. The van der Waals surface area contributed by atoms with Gasteiger partial charge in [0.25, 0.3) is 0 Å². The van der Waals surface area contributed by atoms with Gasteiger partial charge in [-0.1, -0.05) is 84.9 Å². The van der Waals surface area contributed by atoms with Crippen LogP contribution in [-0.2, 0) is 0 Å². The molecule has 0 amide bonds. The number of carboxylic acids is 1. The van der Waals surface area contributed by atoms with Crippen LogP contribution < -0.4 is 0 Å². The van der Waals surface area contributed by atoms with E-state index in [9.17, 15) is 4.79 Å². The van der Waals surface area contributed by atoms with Crippen molar-refractivity contribution in [1.82, 2.24) is 0 Å². The molecule has 1 N–H and O–H groups in total. The number of fused-ring (bicyclic) bond motifs is 3. The Morgan fingerprint density at radius 1 is 0.485 bits per heavy atom. The Kier molecular flexibility index (Phi) is 4.44. The van der Waals surface area contributed by atoms with Gasteiger partial charge in [0.15, 0.2) is 0 Å². The van der Waals surface area contributed by atoms with Crippen LogP contribution in [0.4, 0.5) is 0 Å². The van der Waals surface area contributed by atoms with Gasteiger partial charge >= 0.3 is 5.97 Å². The summed E-state index contributed by atoms with van der Waals surface area (Å²) in [5.41, 5.74) is 4.76. The molecule has 2 nitrogen and oxygen atoms in total. The van der Waals surface area contributed by atoms with Crippen LogP contribution in [0.25, 0.3) is 54.6 Å². The lowest BCUT2D eigenvalue weighted by atomic mass is 9.90. The molecule has 0 aromatic heterocycles. The van der Waals surface area contributed by atoms with Crippen molar-refractivity contribution in [3.8, 4) is 22.3 Å². The van der Waals surface area contributed by atoms with Crippen molar-refractivity contribution < 1.29 is 9.90 Å². The molecule has 0 radical (unpaired) electrons. The highest BCUT2D eigenvalue weighted by atomic mass is 16.4. The third-order valence-electron chi connectivity index (χ3n) is 6.37. The van der Waals surface area contributed by atoms with Crippen LogP contribution in [0.1, 0.15) is 10.4 Å². The maximum Gasteiger partial charge on any atom is 0.335 e. The maximum atomic E-state index is 11.1. The van der Waals surface area contributed by atoms with Gasteiger partial charge in [0.2, 0.25) is 0 Å². The third kappa shape index (κ3) is 3.33. The van der Waals surface area contributed by atoms with Crippen molar-refractivity contribution in [2.75, 3.05) is 0 Å². The summed E-state index contributed by atoms with van der Waals surface area (Å²) in [5.74, 6) is -0.910. The minimum Gasteiger partial charge on any atom is -0.478 e. The van der Waals surface area contributed by atoms with Gasteiger partial charge in [0, 0.05) is 0 Å². The largest absolute Gasteiger partial charge is 0.478 e. The molecule has 0 unspecified atom stereocenters. The van der Waals surface area contributed by atoms with E-state index in [1.807, 2.05) is 12.1 Å². The summed E-state index contributed by atoms with van der Waals surface area (Å²) in [6, 6.07) is 39.4. The Labute approximate surface area is 191 Å². The first-order chi connectivity index (χ1) is 16.2. The topological polar surface area (TPSA) is 37.3 Å². The van der Waals surface area contributed by atoms with Crippen molar-refractivity contribution in [3.05, 3.63) is 121 Å². The average molecular weight is 424 g/mol. The maximum absolute atomic E-state index is 11.1. The van der Waals surface area contributed by atoms with Crippen LogP contribution in [0.5, 0.6) is 0 Å². The molecule has 0 aliphatic heterocycles. The van der Waals surface area contributed by atoms with E-state index < -0.39 is 5.97 Å². The van der Waals surface area contributed by atoms with E-state index >= 15 is 0 Å². The average Bonchev–Trinajstić information content (AvgIpc) is 2.86. The molecule has 0 heterocycles. The molecule has 6 aromatic carbocycles. The summed E-state index contributed by atoms with van der Waals surface area (Å²) < 4.78 is 0.